The molecule has 2 aromatic rings. The Morgan fingerprint density at radius 2 is 1.93 bits per heavy atom. The fourth-order valence-electron chi connectivity index (χ4n) is 2.14. The Balaban J connectivity index is 1.98. The van der Waals surface area contributed by atoms with E-state index in [1.165, 1.54) is 12.1 Å². The Hall–Kier alpha value is -2.79. The molecule has 1 aromatic carbocycles. The molecule has 8 nitrogen and oxygen atoms in total. The number of carbonyl (C=O) groups is 2. The van der Waals surface area contributed by atoms with Crippen LogP contribution in [0.3, 0.4) is 0 Å². The molecule has 2 heterocycles. The van der Waals surface area contributed by atoms with Crippen molar-refractivity contribution in [2.75, 3.05) is 11.9 Å². The summed E-state index contributed by atoms with van der Waals surface area (Å²) < 4.78 is 27.1. The number of halogens is 2. The summed E-state index contributed by atoms with van der Waals surface area (Å²) in [6.07, 6.45) is 0. The first-order valence-electron chi connectivity index (χ1n) is 7.76. The molecule has 2 N–H and O–H groups in total. The largest absolute Gasteiger partial charge is 0.394 e. The van der Waals surface area contributed by atoms with Gasteiger partial charge in [-0.05, 0) is 13.0 Å². The highest BCUT2D eigenvalue weighted by Gasteiger charge is 2.20. The lowest BCUT2D eigenvalue weighted by Crippen LogP contribution is -2.41. The van der Waals surface area contributed by atoms with Gasteiger partial charge in [-0.2, -0.15) is 9.98 Å². The number of benzene rings is 1. The lowest BCUT2D eigenvalue weighted by Gasteiger charge is -2.13. The summed E-state index contributed by atoms with van der Waals surface area (Å²) in [5.41, 5.74) is 0.0110. The fraction of sp³-hybridized carbons (Fsp3) is 0.250. The van der Waals surface area contributed by atoms with Crippen LogP contribution in [0.25, 0.3) is 0 Å². The van der Waals surface area contributed by atoms with Crippen molar-refractivity contribution in [3.05, 3.63) is 46.2 Å². The molecule has 3 rings (SSSR count). The minimum Gasteiger partial charge on any atom is -0.394 e. The number of aromatic nitrogens is 2. The molecule has 11 heteroatoms. The van der Waals surface area contributed by atoms with Crippen molar-refractivity contribution < 1.29 is 23.5 Å². The zero-order chi connectivity index (χ0) is 19.6. The van der Waals surface area contributed by atoms with E-state index in [0.29, 0.717) is 0 Å². The Morgan fingerprint density at radius 1 is 1.19 bits per heavy atom. The molecule has 0 unspecified atom stereocenters. The summed E-state index contributed by atoms with van der Waals surface area (Å²) in [4.78, 5) is 38.5. The van der Waals surface area contributed by atoms with Gasteiger partial charge in [0, 0.05) is 17.4 Å². The summed E-state index contributed by atoms with van der Waals surface area (Å²) in [7, 11) is 0. The van der Waals surface area contributed by atoms with E-state index in [4.69, 9.17) is 0 Å². The van der Waals surface area contributed by atoms with Gasteiger partial charge >= 0.3 is 11.8 Å². The van der Waals surface area contributed by atoms with E-state index >= 15 is 0 Å². The van der Waals surface area contributed by atoms with E-state index in [1.54, 1.807) is 6.92 Å². The van der Waals surface area contributed by atoms with Crippen molar-refractivity contribution >= 4 is 29.4 Å². The number of anilines is 1. The van der Waals surface area contributed by atoms with Crippen LogP contribution >= 0.6 is 11.8 Å². The first-order valence-corrected chi connectivity index (χ1v) is 8.74. The topological polar surface area (TPSA) is 117 Å². The highest BCUT2D eigenvalue weighted by molar-refractivity contribution is 7.98. The smallest absolute Gasteiger partial charge is 0.339 e. The van der Waals surface area contributed by atoms with Gasteiger partial charge in [-0.15, -0.1) is 0 Å². The molecule has 1 atom stereocenters. The summed E-state index contributed by atoms with van der Waals surface area (Å²) in [6, 6.07) is 3.40. The summed E-state index contributed by atoms with van der Waals surface area (Å²) >= 11 is 0.991. The van der Waals surface area contributed by atoms with Crippen molar-refractivity contribution in [2.24, 2.45) is 9.98 Å². The number of rotatable bonds is 6. The Bertz CT molecular complexity index is 1050. The van der Waals surface area contributed by atoms with Crippen LogP contribution in [0.4, 0.5) is 14.6 Å². The zero-order valence-electron chi connectivity index (χ0n) is 13.9. The van der Waals surface area contributed by atoms with Crippen LogP contribution in [-0.4, -0.2) is 39.5 Å². The van der Waals surface area contributed by atoms with E-state index in [-0.39, 0.29) is 39.7 Å². The third-order valence-electron chi connectivity index (χ3n) is 3.49. The lowest BCUT2D eigenvalue weighted by atomic mass is 10.2. The first-order chi connectivity index (χ1) is 12.9. The highest BCUT2D eigenvalue weighted by atomic mass is 32.2. The number of amides is 2. The molecule has 0 radical (unpaired) electrons. The van der Waals surface area contributed by atoms with Gasteiger partial charge in [0.15, 0.2) is 33.5 Å². The minimum atomic E-state index is -1.06. The lowest BCUT2D eigenvalue weighted by molar-refractivity contribution is -0.135. The van der Waals surface area contributed by atoms with Crippen LogP contribution in [0.15, 0.2) is 33.3 Å². The maximum atomic E-state index is 13.8. The fourth-order valence-corrected chi connectivity index (χ4v) is 2.96. The Kier molecular flexibility index (Phi) is 5.51. The van der Waals surface area contributed by atoms with Crippen molar-refractivity contribution in [1.29, 1.82) is 0 Å². The van der Waals surface area contributed by atoms with Crippen molar-refractivity contribution in [2.45, 2.75) is 23.9 Å². The molecule has 0 aliphatic carbocycles. The monoisotopic (exact) mass is 393 g/mol. The highest BCUT2D eigenvalue weighted by Crippen LogP contribution is 2.22. The molecule has 0 fully saturated rings. The van der Waals surface area contributed by atoms with Gasteiger partial charge in [0.25, 0.3) is 0 Å². The SMILES string of the molecule is C[C@H](CO)Nc1nc(SCc2cccc(F)c2F)nc2c1=NC(=O)C(=O)N=2. The second kappa shape index (κ2) is 7.84. The van der Waals surface area contributed by atoms with Crippen LogP contribution in [0.5, 0.6) is 0 Å². The number of hydrogen-bond donors (Lipinski definition) is 2. The third-order valence-corrected chi connectivity index (χ3v) is 4.39. The molecule has 140 valence electrons. The number of carbonyl (C=O) groups excluding carboxylic acids is 2. The molecule has 2 amide bonds. The Morgan fingerprint density at radius 3 is 2.67 bits per heavy atom. The number of hydrogen-bond acceptors (Lipinski definition) is 7. The van der Waals surface area contributed by atoms with Crippen LogP contribution in [-0.2, 0) is 15.3 Å². The van der Waals surface area contributed by atoms with Gasteiger partial charge in [0.05, 0.1) is 6.61 Å². The van der Waals surface area contributed by atoms with E-state index < -0.39 is 29.5 Å². The van der Waals surface area contributed by atoms with Gasteiger partial charge < -0.3 is 10.4 Å². The summed E-state index contributed by atoms with van der Waals surface area (Å²) in [5, 5.41) is 12.2. The van der Waals surface area contributed by atoms with Gasteiger partial charge in [-0.25, -0.2) is 18.7 Å². The second-order valence-corrected chi connectivity index (χ2v) is 6.53. The maximum Gasteiger partial charge on any atom is 0.339 e. The van der Waals surface area contributed by atoms with E-state index in [2.05, 4.69) is 25.3 Å². The number of aliphatic hydroxyl groups excluding tert-OH is 1. The van der Waals surface area contributed by atoms with E-state index in [0.717, 1.165) is 17.8 Å². The zero-order valence-corrected chi connectivity index (χ0v) is 14.8. The van der Waals surface area contributed by atoms with Gasteiger partial charge in [0.1, 0.15) is 0 Å². The molecule has 1 aromatic heterocycles. The molecular weight excluding hydrogens is 380 g/mol. The van der Waals surface area contributed by atoms with Gasteiger partial charge in [0.2, 0.25) is 0 Å². The number of nitrogens with one attached hydrogen (secondary N) is 1. The maximum absolute atomic E-state index is 13.8. The van der Waals surface area contributed by atoms with Crippen LogP contribution < -0.4 is 16.2 Å². The van der Waals surface area contributed by atoms with Crippen molar-refractivity contribution in [3.63, 3.8) is 0 Å². The average Bonchev–Trinajstić information content (AvgIpc) is 2.64. The predicted molar refractivity (Wildman–Crippen MR) is 90.4 cm³/mol. The van der Waals surface area contributed by atoms with Gasteiger partial charge in [-0.3, -0.25) is 9.59 Å². The number of thioether (sulfide) groups is 1. The van der Waals surface area contributed by atoms with Crippen LogP contribution in [0.2, 0.25) is 0 Å². The predicted octanol–water partition coefficient (Wildman–Crippen LogP) is 0.146. The number of fused-ring (bicyclic) bond motifs is 1. The summed E-state index contributed by atoms with van der Waals surface area (Å²) in [6.45, 7) is 1.44. The molecule has 0 spiro atoms. The second-order valence-electron chi connectivity index (χ2n) is 5.59. The molecular formula is C16H13F2N5O3S. The quantitative estimate of drug-likeness (QED) is 0.407. The van der Waals surface area contributed by atoms with E-state index in [9.17, 15) is 23.5 Å². The van der Waals surface area contributed by atoms with E-state index in [1.807, 2.05) is 0 Å². The van der Waals surface area contributed by atoms with Crippen LogP contribution in [0, 0.1) is 11.6 Å². The normalized spacial score (nSPS) is 14.2. The number of aliphatic hydroxyl groups is 1. The standard InChI is InChI=1S/C16H13F2N5O3S/c1-7(5-24)19-12-11-13(21-15(26)14(25)20-11)23-16(22-12)27-6-8-3-2-4-9(17)10(8)18/h2-4,7,24H,5-6H2,1H3,(H,19,21,22,23,26)/t7-/m1/s1. The van der Waals surface area contributed by atoms with Crippen molar-refractivity contribution in [1.82, 2.24) is 9.97 Å². The van der Waals surface area contributed by atoms with Crippen molar-refractivity contribution in [3.8, 4) is 0 Å². The minimum absolute atomic E-state index is 0.0128. The summed E-state index contributed by atoms with van der Waals surface area (Å²) in [5.74, 6) is -3.90. The first kappa shape index (κ1) is 19.0. The molecule has 1 aliphatic heterocycles. The third kappa shape index (κ3) is 4.14. The average molecular weight is 393 g/mol. The molecule has 0 saturated heterocycles. The Labute approximate surface area is 155 Å². The van der Waals surface area contributed by atoms with Gasteiger partial charge in [-0.1, -0.05) is 23.9 Å². The molecule has 0 saturated carbocycles. The molecule has 27 heavy (non-hydrogen) atoms. The molecule has 0 bridgehead atoms. The molecule has 1 aliphatic rings. The van der Waals surface area contributed by atoms with Crippen LogP contribution in [0.1, 0.15) is 12.5 Å². The number of nitrogens with zero attached hydrogens (tertiary/aromatic N) is 4.